The van der Waals surface area contributed by atoms with Crippen LogP contribution < -0.4 is 5.32 Å². The van der Waals surface area contributed by atoms with Gasteiger partial charge >= 0.3 is 5.97 Å². The van der Waals surface area contributed by atoms with Gasteiger partial charge in [0.15, 0.2) is 11.5 Å². The number of esters is 1. The smallest absolute Gasteiger partial charge is 0.360 e. The average Bonchev–Trinajstić information content (AvgIpc) is 3.32. The van der Waals surface area contributed by atoms with Crippen molar-refractivity contribution in [2.75, 3.05) is 12.4 Å². The molecule has 3 heterocycles. The van der Waals surface area contributed by atoms with Gasteiger partial charge in [0.05, 0.1) is 24.2 Å². The summed E-state index contributed by atoms with van der Waals surface area (Å²) in [4.78, 5) is 24.4. The Labute approximate surface area is 155 Å². The number of aromatic nitrogens is 3. The van der Waals surface area contributed by atoms with Gasteiger partial charge in [-0.25, -0.2) is 4.79 Å². The van der Waals surface area contributed by atoms with Gasteiger partial charge in [-0.05, 0) is 32.9 Å². The largest absolute Gasteiger partial charge is 0.464 e. The van der Waals surface area contributed by atoms with E-state index in [1.54, 1.807) is 26.1 Å². The molecular formula is C18H20N4O5. The predicted molar refractivity (Wildman–Crippen MR) is 94.7 cm³/mol. The van der Waals surface area contributed by atoms with E-state index in [-0.39, 0.29) is 17.1 Å². The molecule has 3 aromatic rings. The van der Waals surface area contributed by atoms with Gasteiger partial charge in [-0.3, -0.25) is 9.48 Å². The number of amides is 1. The number of aryl methyl sites for hydroxylation is 3. The molecule has 0 saturated heterocycles. The summed E-state index contributed by atoms with van der Waals surface area (Å²) in [5, 5.41) is 10.7. The maximum atomic E-state index is 12.6. The fourth-order valence-electron chi connectivity index (χ4n) is 2.70. The summed E-state index contributed by atoms with van der Waals surface area (Å²) in [6.45, 7) is 5.41. The van der Waals surface area contributed by atoms with Crippen LogP contribution in [0.15, 0.2) is 21.1 Å². The number of anilines is 1. The van der Waals surface area contributed by atoms with E-state index in [1.807, 2.05) is 13.8 Å². The van der Waals surface area contributed by atoms with Crippen molar-refractivity contribution in [1.29, 1.82) is 0 Å². The first-order chi connectivity index (χ1) is 12.8. The number of hydrogen-bond donors (Lipinski definition) is 1. The van der Waals surface area contributed by atoms with Crippen LogP contribution in [-0.2, 0) is 18.2 Å². The average molecular weight is 372 g/mol. The van der Waals surface area contributed by atoms with E-state index in [4.69, 9.17) is 13.7 Å². The Hall–Kier alpha value is -3.36. The van der Waals surface area contributed by atoms with Crippen molar-refractivity contribution in [3.05, 3.63) is 52.1 Å². The second-order valence-electron chi connectivity index (χ2n) is 6.12. The van der Waals surface area contributed by atoms with Crippen LogP contribution in [0.2, 0.25) is 0 Å². The first-order valence-electron chi connectivity index (χ1n) is 8.25. The zero-order valence-corrected chi connectivity index (χ0v) is 15.7. The van der Waals surface area contributed by atoms with Crippen molar-refractivity contribution >= 4 is 17.6 Å². The molecule has 0 aliphatic rings. The highest BCUT2D eigenvalue weighted by Crippen LogP contribution is 2.23. The second kappa shape index (κ2) is 7.10. The Kier molecular flexibility index (Phi) is 4.85. The van der Waals surface area contributed by atoms with Gasteiger partial charge < -0.3 is 19.0 Å². The van der Waals surface area contributed by atoms with Crippen LogP contribution in [0.25, 0.3) is 0 Å². The van der Waals surface area contributed by atoms with Gasteiger partial charge in [0.25, 0.3) is 5.91 Å². The SMILES string of the molecule is COC(=O)c1nn(C)c(C)c1NC(=O)c1ccc(Cc2c(C)noc2C)o1. The summed E-state index contributed by atoms with van der Waals surface area (Å²) in [5.41, 5.74) is 2.65. The van der Waals surface area contributed by atoms with Gasteiger partial charge in [-0.2, -0.15) is 5.10 Å². The van der Waals surface area contributed by atoms with Crippen LogP contribution in [0, 0.1) is 20.8 Å². The van der Waals surface area contributed by atoms with E-state index in [0.717, 1.165) is 11.3 Å². The molecular weight excluding hydrogens is 352 g/mol. The number of hydrogen-bond acceptors (Lipinski definition) is 7. The van der Waals surface area contributed by atoms with Crippen LogP contribution >= 0.6 is 0 Å². The lowest BCUT2D eigenvalue weighted by molar-refractivity contribution is 0.0594. The van der Waals surface area contributed by atoms with E-state index in [2.05, 4.69) is 15.6 Å². The number of furan rings is 1. The van der Waals surface area contributed by atoms with Crippen molar-refractivity contribution in [1.82, 2.24) is 14.9 Å². The molecule has 0 aromatic carbocycles. The summed E-state index contributed by atoms with van der Waals surface area (Å²) >= 11 is 0. The number of ether oxygens (including phenoxy) is 1. The fourth-order valence-corrected chi connectivity index (χ4v) is 2.70. The Morgan fingerprint density at radius 1 is 1.26 bits per heavy atom. The van der Waals surface area contributed by atoms with Crippen LogP contribution in [0.1, 0.15) is 49.5 Å². The molecule has 0 aliphatic heterocycles. The second-order valence-corrected chi connectivity index (χ2v) is 6.12. The van der Waals surface area contributed by atoms with Crippen molar-refractivity contribution in [3.63, 3.8) is 0 Å². The highest BCUT2D eigenvalue weighted by atomic mass is 16.5. The predicted octanol–water partition coefficient (Wildman–Crippen LogP) is 2.56. The normalized spacial score (nSPS) is 10.9. The van der Waals surface area contributed by atoms with Gasteiger partial charge in [0.1, 0.15) is 11.5 Å². The van der Waals surface area contributed by atoms with Gasteiger partial charge in [0.2, 0.25) is 0 Å². The molecule has 9 nitrogen and oxygen atoms in total. The summed E-state index contributed by atoms with van der Waals surface area (Å²) < 4.78 is 17.0. The molecule has 0 fully saturated rings. The van der Waals surface area contributed by atoms with E-state index >= 15 is 0 Å². The summed E-state index contributed by atoms with van der Waals surface area (Å²) in [7, 11) is 2.93. The van der Waals surface area contributed by atoms with Crippen molar-refractivity contribution in [2.24, 2.45) is 7.05 Å². The van der Waals surface area contributed by atoms with Crippen LogP contribution in [0.5, 0.6) is 0 Å². The minimum absolute atomic E-state index is 0.0355. The number of carbonyl (C=O) groups is 2. The third kappa shape index (κ3) is 3.48. The lowest BCUT2D eigenvalue weighted by Crippen LogP contribution is -2.14. The Morgan fingerprint density at radius 2 is 2.00 bits per heavy atom. The van der Waals surface area contributed by atoms with E-state index < -0.39 is 11.9 Å². The topological polar surface area (TPSA) is 112 Å². The van der Waals surface area contributed by atoms with Gasteiger partial charge in [-0.15, -0.1) is 0 Å². The molecule has 0 radical (unpaired) electrons. The molecule has 142 valence electrons. The minimum Gasteiger partial charge on any atom is -0.464 e. The summed E-state index contributed by atoms with van der Waals surface area (Å²) in [5.74, 6) is 0.318. The van der Waals surface area contributed by atoms with Gasteiger partial charge in [-0.1, -0.05) is 5.16 Å². The quantitative estimate of drug-likeness (QED) is 0.685. The van der Waals surface area contributed by atoms with Crippen molar-refractivity contribution in [2.45, 2.75) is 27.2 Å². The Morgan fingerprint density at radius 3 is 2.63 bits per heavy atom. The number of rotatable bonds is 5. The number of methoxy groups -OCH3 is 1. The molecule has 1 N–H and O–H groups in total. The molecule has 0 bridgehead atoms. The highest BCUT2D eigenvalue weighted by molar-refractivity contribution is 6.06. The zero-order valence-electron chi connectivity index (χ0n) is 15.7. The lowest BCUT2D eigenvalue weighted by Gasteiger charge is -2.04. The molecule has 3 aromatic heterocycles. The third-order valence-corrected chi connectivity index (χ3v) is 4.37. The fraction of sp³-hybridized carbons (Fsp3) is 0.333. The van der Waals surface area contributed by atoms with E-state index in [1.165, 1.54) is 11.8 Å². The first-order valence-corrected chi connectivity index (χ1v) is 8.25. The molecule has 3 rings (SSSR count). The molecule has 0 saturated carbocycles. The number of nitrogens with zero attached hydrogens (tertiary/aromatic N) is 3. The molecule has 9 heteroatoms. The lowest BCUT2D eigenvalue weighted by atomic mass is 10.1. The zero-order chi connectivity index (χ0) is 19.7. The number of carbonyl (C=O) groups excluding carboxylic acids is 2. The molecule has 1 amide bonds. The third-order valence-electron chi connectivity index (χ3n) is 4.37. The monoisotopic (exact) mass is 372 g/mol. The van der Waals surface area contributed by atoms with Crippen LogP contribution in [0.4, 0.5) is 5.69 Å². The first kappa shape index (κ1) is 18.4. The van der Waals surface area contributed by atoms with E-state index in [9.17, 15) is 9.59 Å². The maximum absolute atomic E-state index is 12.6. The summed E-state index contributed by atoms with van der Waals surface area (Å²) in [6, 6.07) is 3.30. The highest BCUT2D eigenvalue weighted by Gasteiger charge is 2.23. The molecule has 0 atom stereocenters. The van der Waals surface area contributed by atoms with Gasteiger partial charge in [0, 0.05) is 19.0 Å². The molecule has 0 spiro atoms. The summed E-state index contributed by atoms with van der Waals surface area (Å²) in [6.07, 6.45) is 0.466. The molecule has 0 unspecified atom stereocenters. The maximum Gasteiger partial charge on any atom is 0.360 e. The Balaban J connectivity index is 1.80. The molecule has 27 heavy (non-hydrogen) atoms. The van der Waals surface area contributed by atoms with Crippen molar-refractivity contribution in [3.8, 4) is 0 Å². The van der Waals surface area contributed by atoms with E-state index in [0.29, 0.717) is 23.6 Å². The van der Waals surface area contributed by atoms with Crippen molar-refractivity contribution < 1.29 is 23.3 Å². The molecule has 0 aliphatic carbocycles. The minimum atomic E-state index is -0.632. The van der Waals surface area contributed by atoms with Crippen LogP contribution in [-0.4, -0.2) is 33.9 Å². The Bertz CT molecular complexity index is 992. The standard InChI is InChI=1S/C18H20N4O5/c1-9-13(11(3)27-21-9)8-12-6-7-14(26-12)17(23)19-15-10(2)22(4)20-16(15)18(24)25-5/h6-7H,8H2,1-5H3,(H,19,23). The number of nitrogens with one attached hydrogen (secondary N) is 1. The van der Waals surface area contributed by atoms with Crippen LogP contribution in [0.3, 0.4) is 0 Å².